The standard InChI is InChI=1S/C25H30N4O5/c1-31-20-8-6-17(7-9-20)23-27-25(34-28-23)29-14-4-5-19(16-29)24(30)26-13-12-18-15-21(32-2)10-11-22(18)33-3/h6-11,15,19H,4-5,12-14,16H2,1-3H3,(H,26,30)/t19-/m0/s1. The Balaban J connectivity index is 1.33. The SMILES string of the molecule is COc1ccc(-c2noc(N3CCC[C@H](C(=O)NCCc4cc(OC)ccc4OC)C3)n2)cc1. The minimum Gasteiger partial charge on any atom is -0.497 e. The van der Waals surface area contributed by atoms with Gasteiger partial charge in [-0.1, -0.05) is 5.16 Å². The van der Waals surface area contributed by atoms with Gasteiger partial charge in [0.1, 0.15) is 17.2 Å². The number of carbonyl (C=O) groups excluding carboxylic acids is 1. The number of nitrogens with zero attached hydrogens (tertiary/aromatic N) is 3. The Morgan fingerprint density at radius 1 is 1.09 bits per heavy atom. The molecule has 1 aromatic heterocycles. The van der Waals surface area contributed by atoms with E-state index in [0.717, 1.165) is 47.8 Å². The molecule has 34 heavy (non-hydrogen) atoms. The van der Waals surface area contributed by atoms with Gasteiger partial charge in [-0.15, -0.1) is 0 Å². The molecule has 9 heteroatoms. The molecule has 1 saturated heterocycles. The van der Waals surface area contributed by atoms with E-state index in [1.54, 1.807) is 21.3 Å². The quantitative estimate of drug-likeness (QED) is 0.513. The highest BCUT2D eigenvalue weighted by Gasteiger charge is 2.28. The largest absolute Gasteiger partial charge is 0.497 e. The maximum atomic E-state index is 12.9. The molecule has 1 aliphatic heterocycles. The van der Waals surface area contributed by atoms with E-state index in [9.17, 15) is 4.79 Å². The summed E-state index contributed by atoms with van der Waals surface area (Å²) in [6.07, 6.45) is 2.35. The molecule has 4 rings (SSSR count). The summed E-state index contributed by atoms with van der Waals surface area (Å²) in [5.74, 6) is 2.71. The number of amides is 1. The summed E-state index contributed by atoms with van der Waals surface area (Å²) < 4.78 is 21.4. The molecule has 1 amide bonds. The molecule has 1 N–H and O–H groups in total. The molecule has 0 unspecified atom stereocenters. The maximum absolute atomic E-state index is 12.9. The van der Waals surface area contributed by atoms with Crippen LogP contribution in [0.3, 0.4) is 0 Å². The number of benzene rings is 2. The fraction of sp³-hybridized carbons (Fsp3) is 0.400. The van der Waals surface area contributed by atoms with Crippen LogP contribution >= 0.6 is 0 Å². The highest BCUT2D eigenvalue weighted by atomic mass is 16.5. The maximum Gasteiger partial charge on any atom is 0.324 e. The monoisotopic (exact) mass is 466 g/mol. The van der Waals surface area contributed by atoms with Crippen molar-refractivity contribution in [3.05, 3.63) is 48.0 Å². The molecule has 0 spiro atoms. The molecule has 1 atom stereocenters. The Labute approximate surface area is 199 Å². The summed E-state index contributed by atoms with van der Waals surface area (Å²) >= 11 is 0. The van der Waals surface area contributed by atoms with Crippen molar-refractivity contribution in [2.75, 3.05) is 45.9 Å². The number of aromatic nitrogens is 2. The minimum absolute atomic E-state index is 0.0291. The fourth-order valence-electron chi connectivity index (χ4n) is 4.11. The Bertz CT molecular complexity index is 1100. The Hall–Kier alpha value is -3.75. The molecule has 1 aliphatic rings. The van der Waals surface area contributed by atoms with Crippen LogP contribution in [0, 0.1) is 5.92 Å². The highest BCUT2D eigenvalue weighted by Crippen LogP contribution is 2.27. The van der Waals surface area contributed by atoms with Gasteiger partial charge in [0.15, 0.2) is 0 Å². The Morgan fingerprint density at radius 2 is 1.85 bits per heavy atom. The van der Waals surface area contributed by atoms with Crippen molar-refractivity contribution in [1.82, 2.24) is 15.5 Å². The first kappa shape index (κ1) is 23.4. The number of rotatable bonds is 9. The van der Waals surface area contributed by atoms with E-state index in [-0.39, 0.29) is 11.8 Å². The van der Waals surface area contributed by atoms with Crippen molar-refractivity contribution < 1.29 is 23.5 Å². The number of methoxy groups -OCH3 is 3. The van der Waals surface area contributed by atoms with Crippen LogP contribution in [0.2, 0.25) is 0 Å². The van der Waals surface area contributed by atoms with Gasteiger partial charge in [0.25, 0.3) is 0 Å². The van der Waals surface area contributed by atoms with Crippen molar-refractivity contribution in [3.8, 4) is 28.6 Å². The van der Waals surface area contributed by atoms with Crippen molar-refractivity contribution in [2.24, 2.45) is 5.92 Å². The van der Waals surface area contributed by atoms with E-state index in [1.165, 1.54) is 0 Å². The Kier molecular flexibility index (Phi) is 7.51. The number of hydrogen-bond donors (Lipinski definition) is 1. The number of ether oxygens (including phenoxy) is 3. The van der Waals surface area contributed by atoms with Crippen LogP contribution in [-0.2, 0) is 11.2 Å². The van der Waals surface area contributed by atoms with Crippen molar-refractivity contribution in [2.45, 2.75) is 19.3 Å². The normalized spacial score (nSPS) is 15.6. The van der Waals surface area contributed by atoms with Gasteiger partial charge in [-0.3, -0.25) is 4.79 Å². The van der Waals surface area contributed by atoms with E-state index in [1.807, 2.05) is 47.4 Å². The van der Waals surface area contributed by atoms with E-state index < -0.39 is 0 Å². The summed E-state index contributed by atoms with van der Waals surface area (Å²) in [6, 6.07) is 13.6. The van der Waals surface area contributed by atoms with Gasteiger partial charge >= 0.3 is 6.01 Å². The van der Waals surface area contributed by atoms with Gasteiger partial charge in [-0.25, -0.2) is 0 Å². The lowest BCUT2D eigenvalue weighted by Gasteiger charge is -2.30. The van der Waals surface area contributed by atoms with Gasteiger partial charge < -0.3 is 29.0 Å². The smallest absolute Gasteiger partial charge is 0.324 e. The van der Waals surface area contributed by atoms with Crippen molar-refractivity contribution >= 4 is 11.9 Å². The summed E-state index contributed by atoms with van der Waals surface area (Å²) in [6.45, 7) is 1.83. The third kappa shape index (κ3) is 5.41. The summed E-state index contributed by atoms with van der Waals surface area (Å²) in [5.41, 5.74) is 1.83. The van der Waals surface area contributed by atoms with Gasteiger partial charge in [-0.2, -0.15) is 4.98 Å². The van der Waals surface area contributed by atoms with E-state index >= 15 is 0 Å². The lowest BCUT2D eigenvalue weighted by molar-refractivity contribution is -0.125. The van der Waals surface area contributed by atoms with Crippen LogP contribution in [0.15, 0.2) is 47.0 Å². The second-order valence-electron chi connectivity index (χ2n) is 8.13. The van der Waals surface area contributed by atoms with E-state index in [0.29, 0.717) is 31.3 Å². The summed E-state index contributed by atoms with van der Waals surface area (Å²) in [4.78, 5) is 19.4. The van der Waals surface area contributed by atoms with Gasteiger partial charge in [-0.05, 0) is 67.3 Å². The molecule has 180 valence electrons. The zero-order chi connectivity index (χ0) is 23.9. The minimum atomic E-state index is -0.141. The molecule has 9 nitrogen and oxygen atoms in total. The van der Waals surface area contributed by atoms with Crippen LogP contribution in [0.1, 0.15) is 18.4 Å². The van der Waals surface area contributed by atoms with Gasteiger partial charge in [0.05, 0.1) is 27.2 Å². The number of nitrogens with one attached hydrogen (secondary N) is 1. The van der Waals surface area contributed by atoms with E-state index in [4.69, 9.17) is 18.7 Å². The van der Waals surface area contributed by atoms with Crippen LogP contribution in [0.25, 0.3) is 11.4 Å². The molecule has 3 aromatic rings. The summed E-state index contributed by atoms with van der Waals surface area (Å²) in [7, 11) is 4.89. The lowest BCUT2D eigenvalue weighted by atomic mass is 9.97. The first-order chi connectivity index (χ1) is 16.6. The highest BCUT2D eigenvalue weighted by molar-refractivity contribution is 5.79. The molecule has 1 fully saturated rings. The van der Waals surface area contributed by atoms with Crippen LogP contribution in [0.4, 0.5) is 6.01 Å². The molecule has 2 heterocycles. The Morgan fingerprint density at radius 3 is 2.59 bits per heavy atom. The molecule has 0 aliphatic carbocycles. The number of piperidine rings is 1. The van der Waals surface area contributed by atoms with Crippen molar-refractivity contribution in [1.29, 1.82) is 0 Å². The second kappa shape index (κ2) is 10.9. The molecule has 2 aromatic carbocycles. The topological polar surface area (TPSA) is 99.0 Å². The number of anilines is 1. The zero-order valence-electron chi connectivity index (χ0n) is 19.7. The molecular formula is C25H30N4O5. The van der Waals surface area contributed by atoms with Crippen molar-refractivity contribution in [3.63, 3.8) is 0 Å². The predicted molar refractivity (Wildman–Crippen MR) is 127 cm³/mol. The third-order valence-corrected chi connectivity index (χ3v) is 6.01. The first-order valence-corrected chi connectivity index (χ1v) is 11.3. The van der Waals surface area contributed by atoms with Gasteiger partial charge in [0.2, 0.25) is 11.7 Å². The molecule has 0 saturated carbocycles. The van der Waals surface area contributed by atoms with E-state index in [2.05, 4.69) is 15.5 Å². The third-order valence-electron chi connectivity index (χ3n) is 6.01. The lowest BCUT2D eigenvalue weighted by Crippen LogP contribution is -2.43. The van der Waals surface area contributed by atoms with Crippen LogP contribution in [-0.4, -0.2) is 57.0 Å². The fourth-order valence-corrected chi connectivity index (χ4v) is 4.11. The molecule has 0 radical (unpaired) electrons. The number of hydrogen-bond acceptors (Lipinski definition) is 8. The predicted octanol–water partition coefficient (Wildman–Crippen LogP) is 3.34. The van der Waals surface area contributed by atoms with Gasteiger partial charge in [0, 0.05) is 25.2 Å². The molecular weight excluding hydrogens is 436 g/mol. The number of carbonyl (C=O) groups is 1. The average molecular weight is 467 g/mol. The van der Waals surface area contributed by atoms with Crippen LogP contribution < -0.4 is 24.4 Å². The second-order valence-corrected chi connectivity index (χ2v) is 8.13. The van der Waals surface area contributed by atoms with Crippen LogP contribution in [0.5, 0.6) is 17.2 Å². The summed E-state index contributed by atoms with van der Waals surface area (Å²) in [5, 5.41) is 7.17. The first-order valence-electron chi connectivity index (χ1n) is 11.3. The average Bonchev–Trinajstić information content (AvgIpc) is 3.39. The molecule has 0 bridgehead atoms. The zero-order valence-corrected chi connectivity index (χ0v) is 19.7.